The second-order valence-corrected chi connectivity index (χ2v) is 5.92. The second kappa shape index (κ2) is 7.39. The zero-order valence-electron chi connectivity index (χ0n) is 14.4. The predicted molar refractivity (Wildman–Crippen MR) is 95.5 cm³/mol. The van der Waals surface area contributed by atoms with E-state index in [9.17, 15) is 0 Å². The molecule has 4 nitrogen and oxygen atoms in total. The summed E-state index contributed by atoms with van der Waals surface area (Å²) in [5.41, 5.74) is 3.46. The van der Waals surface area contributed by atoms with Gasteiger partial charge in [0, 0.05) is 5.56 Å². The molecule has 0 saturated heterocycles. The van der Waals surface area contributed by atoms with Gasteiger partial charge in [-0.15, -0.1) is 0 Å². The molecule has 2 aromatic rings. The largest absolute Gasteiger partial charge is 0.493 e. The fourth-order valence-electron chi connectivity index (χ4n) is 3.06. The molecule has 0 saturated carbocycles. The summed E-state index contributed by atoms with van der Waals surface area (Å²) in [7, 11) is 3.30. The molecule has 1 aliphatic heterocycles. The highest BCUT2D eigenvalue weighted by molar-refractivity contribution is 5.97. The molecule has 126 valence electrons. The van der Waals surface area contributed by atoms with Crippen LogP contribution >= 0.6 is 0 Å². The van der Waals surface area contributed by atoms with Crippen LogP contribution in [0.1, 0.15) is 29.5 Å². The van der Waals surface area contributed by atoms with E-state index in [4.69, 9.17) is 14.2 Å². The Morgan fingerprint density at radius 3 is 2.42 bits per heavy atom. The van der Waals surface area contributed by atoms with Crippen molar-refractivity contribution in [3.8, 4) is 11.5 Å². The van der Waals surface area contributed by atoms with E-state index in [1.165, 1.54) is 5.56 Å². The molecule has 2 aromatic carbocycles. The quantitative estimate of drug-likeness (QED) is 0.810. The van der Waals surface area contributed by atoms with Gasteiger partial charge in [-0.3, -0.25) is 0 Å². The zero-order valence-corrected chi connectivity index (χ0v) is 14.4. The molecule has 0 radical (unpaired) electrons. The van der Waals surface area contributed by atoms with Crippen LogP contribution in [-0.2, 0) is 11.2 Å². The molecular formula is C20H23NO3. The van der Waals surface area contributed by atoms with Gasteiger partial charge in [-0.25, -0.2) is 4.99 Å². The van der Waals surface area contributed by atoms with Gasteiger partial charge in [0.1, 0.15) is 6.61 Å². The van der Waals surface area contributed by atoms with Crippen LogP contribution in [0.5, 0.6) is 11.5 Å². The number of hydrogen-bond acceptors (Lipinski definition) is 4. The summed E-state index contributed by atoms with van der Waals surface area (Å²) in [5, 5.41) is 0. The first-order chi connectivity index (χ1) is 11.7. The van der Waals surface area contributed by atoms with Gasteiger partial charge in [0.05, 0.1) is 20.8 Å². The molecule has 0 aliphatic carbocycles. The third-order valence-electron chi connectivity index (χ3n) is 4.29. The number of ether oxygens (including phenoxy) is 3. The van der Waals surface area contributed by atoms with E-state index in [1.54, 1.807) is 14.2 Å². The third kappa shape index (κ3) is 3.37. The third-order valence-corrected chi connectivity index (χ3v) is 4.29. The van der Waals surface area contributed by atoms with Crippen molar-refractivity contribution in [2.24, 2.45) is 4.99 Å². The van der Waals surface area contributed by atoms with Crippen molar-refractivity contribution in [1.29, 1.82) is 0 Å². The van der Waals surface area contributed by atoms with Crippen molar-refractivity contribution in [3.63, 3.8) is 0 Å². The highest BCUT2D eigenvalue weighted by atomic mass is 16.5. The monoisotopic (exact) mass is 325 g/mol. The highest BCUT2D eigenvalue weighted by Gasteiger charge is 2.22. The molecule has 0 fully saturated rings. The van der Waals surface area contributed by atoms with Gasteiger partial charge in [-0.2, -0.15) is 0 Å². The number of rotatable bonds is 6. The maximum absolute atomic E-state index is 5.71. The van der Waals surface area contributed by atoms with Crippen LogP contribution < -0.4 is 9.47 Å². The molecule has 24 heavy (non-hydrogen) atoms. The maximum Gasteiger partial charge on any atom is 0.216 e. The molecule has 1 aliphatic rings. The molecule has 1 atom stereocenters. The van der Waals surface area contributed by atoms with E-state index in [0.29, 0.717) is 30.7 Å². The van der Waals surface area contributed by atoms with Gasteiger partial charge < -0.3 is 14.2 Å². The summed E-state index contributed by atoms with van der Waals surface area (Å²) in [5.74, 6) is 2.43. The minimum atomic E-state index is 0.300. The van der Waals surface area contributed by atoms with Crippen molar-refractivity contribution in [3.05, 3.63) is 59.2 Å². The molecule has 3 rings (SSSR count). The molecule has 4 heteroatoms. The number of methoxy groups -OCH3 is 2. The first-order valence-electron chi connectivity index (χ1n) is 8.20. The Balaban J connectivity index is 2.00. The van der Waals surface area contributed by atoms with Crippen LogP contribution in [0, 0.1) is 0 Å². The SMILES string of the molecule is COc1cc(C2=NCCO2)c(C(C)Cc2ccccc2)cc1OC. The molecule has 0 bridgehead atoms. The Morgan fingerprint density at radius 2 is 1.79 bits per heavy atom. The summed E-state index contributed by atoms with van der Waals surface area (Å²) in [6.07, 6.45) is 0.941. The lowest BCUT2D eigenvalue weighted by atomic mass is 9.89. The van der Waals surface area contributed by atoms with Gasteiger partial charge >= 0.3 is 0 Å². The van der Waals surface area contributed by atoms with Crippen molar-refractivity contribution in [1.82, 2.24) is 0 Å². The van der Waals surface area contributed by atoms with Crippen molar-refractivity contribution in [2.75, 3.05) is 27.4 Å². The molecule has 0 aromatic heterocycles. The number of hydrogen-bond donors (Lipinski definition) is 0. The van der Waals surface area contributed by atoms with Crippen LogP contribution in [0.15, 0.2) is 47.5 Å². The van der Waals surface area contributed by atoms with Gasteiger partial charge in [0.2, 0.25) is 5.90 Å². The van der Waals surface area contributed by atoms with E-state index in [-0.39, 0.29) is 0 Å². The smallest absolute Gasteiger partial charge is 0.216 e. The first-order valence-corrected chi connectivity index (χ1v) is 8.20. The van der Waals surface area contributed by atoms with Crippen molar-refractivity contribution in [2.45, 2.75) is 19.3 Å². The Kier molecular flexibility index (Phi) is 5.04. The maximum atomic E-state index is 5.71. The average molecular weight is 325 g/mol. The second-order valence-electron chi connectivity index (χ2n) is 5.92. The van der Waals surface area contributed by atoms with E-state index in [2.05, 4.69) is 36.2 Å². The van der Waals surface area contributed by atoms with E-state index in [1.807, 2.05) is 18.2 Å². The van der Waals surface area contributed by atoms with Gasteiger partial charge in [0.25, 0.3) is 0 Å². The summed E-state index contributed by atoms with van der Waals surface area (Å²) in [6, 6.07) is 14.5. The summed E-state index contributed by atoms with van der Waals surface area (Å²) < 4.78 is 16.6. The molecule has 1 unspecified atom stereocenters. The van der Waals surface area contributed by atoms with Gasteiger partial charge in [-0.1, -0.05) is 37.3 Å². The molecular weight excluding hydrogens is 302 g/mol. The summed E-state index contributed by atoms with van der Waals surface area (Å²) >= 11 is 0. The van der Waals surface area contributed by atoms with Crippen LogP contribution in [0.3, 0.4) is 0 Å². The van der Waals surface area contributed by atoms with Crippen LogP contribution in [0.25, 0.3) is 0 Å². The lowest BCUT2D eigenvalue weighted by Crippen LogP contribution is -2.10. The zero-order chi connectivity index (χ0) is 16.9. The molecule has 0 amide bonds. The van der Waals surface area contributed by atoms with Gasteiger partial charge in [0.15, 0.2) is 11.5 Å². The predicted octanol–water partition coefficient (Wildman–Crippen LogP) is 3.83. The Bertz CT molecular complexity index is 725. The molecule has 1 heterocycles. The lowest BCUT2D eigenvalue weighted by Gasteiger charge is -2.19. The normalized spacial score (nSPS) is 14.7. The van der Waals surface area contributed by atoms with Crippen molar-refractivity contribution < 1.29 is 14.2 Å². The Hall–Kier alpha value is -2.49. The van der Waals surface area contributed by atoms with Gasteiger partial charge in [-0.05, 0) is 35.6 Å². The standard InChI is InChI=1S/C20H23NO3/c1-14(11-15-7-5-4-6-8-15)16-12-18(22-2)19(23-3)13-17(16)20-21-9-10-24-20/h4-8,12-14H,9-11H2,1-3H3. The summed E-state index contributed by atoms with van der Waals surface area (Å²) in [4.78, 5) is 4.48. The summed E-state index contributed by atoms with van der Waals surface area (Å²) in [6.45, 7) is 3.56. The first kappa shape index (κ1) is 16.4. The topological polar surface area (TPSA) is 40.0 Å². The van der Waals surface area contributed by atoms with E-state index in [0.717, 1.165) is 23.3 Å². The average Bonchev–Trinajstić information content (AvgIpc) is 3.15. The Morgan fingerprint density at radius 1 is 1.08 bits per heavy atom. The molecule has 0 spiro atoms. The van der Waals surface area contributed by atoms with Crippen molar-refractivity contribution >= 4 is 5.90 Å². The fraction of sp³-hybridized carbons (Fsp3) is 0.350. The number of aliphatic imine (C=N–C) groups is 1. The minimum Gasteiger partial charge on any atom is -0.493 e. The van der Waals surface area contributed by atoms with E-state index >= 15 is 0 Å². The number of nitrogens with zero attached hydrogens (tertiary/aromatic N) is 1. The van der Waals surface area contributed by atoms with Crippen LogP contribution in [-0.4, -0.2) is 33.3 Å². The highest BCUT2D eigenvalue weighted by Crippen LogP contribution is 2.36. The number of benzene rings is 2. The van der Waals surface area contributed by atoms with Crippen LogP contribution in [0.4, 0.5) is 0 Å². The Labute approximate surface area is 143 Å². The lowest BCUT2D eigenvalue weighted by molar-refractivity contribution is 0.344. The van der Waals surface area contributed by atoms with Crippen LogP contribution in [0.2, 0.25) is 0 Å². The fourth-order valence-corrected chi connectivity index (χ4v) is 3.06. The minimum absolute atomic E-state index is 0.300. The molecule has 0 N–H and O–H groups in total. The van der Waals surface area contributed by atoms with E-state index < -0.39 is 0 Å².